The fourth-order valence-corrected chi connectivity index (χ4v) is 4.05. The molecule has 0 spiro atoms. The fraction of sp³-hybridized carbons (Fsp3) is 0.474. The number of nitrogens with zero attached hydrogens (tertiary/aromatic N) is 2. The topological polar surface area (TPSA) is 63.7 Å². The van der Waals surface area contributed by atoms with Crippen LogP contribution in [0, 0.1) is 0 Å². The summed E-state index contributed by atoms with van der Waals surface area (Å²) in [6.07, 6.45) is 3.80. The van der Waals surface area contributed by atoms with Crippen molar-refractivity contribution in [2.45, 2.75) is 32.7 Å². The van der Waals surface area contributed by atoms with Crippen molar-refractivity contribution in [3.63, 3.8) is 0 Å². The zero-order valence-electron chi connectivity index (χ0n) is 15.6. The highest BCUT2D eigenvalue weighted by atomic mass is 35.5. The largest absolute Gasteiger partial charge is 0.493 e. The van der Waals surface area contributed by atoms with Gasteiger partial charge in [0.1, 0.15) is 0 Å². The summed E-state index contributed by atoms with van der Waals surface area (Å²) in [5.74, 6) is 0.591. The molecule has 1 N–H and O–H groups in total. The number of likely N-dealkylation sites (tertiary alicyclic amines) is 1. The molecular formula is C19H24ClN3O3S. The van der Waals surface area contributed by atoms with Gasteiger partial charge in [-0.1, -0.05) is 18.0 Å². The van der Waals surface area contributed by atoms with Crippen molar-refractivity contribution in [1.82, 2.24) is 9.88 Å². The van der Waals surface area contributed by atoms with Gasteiger partial charge in [0.15, 0.2) is 16.6 Å². The molecule has 8 heteroatoms. The van der Waals surface area contributed by atoms with Gasteiger partial charge in [-0.15, -0.1) is 11.3 Å². The Bertz CT molecular complexity index is 791. The Kier molecular flexibility index (Phi) is 6.93. The van der Waals surface area contributed by atoms with Crippen molar-refractivity contribution >= 4 is 34.0 Å². The molecule has 0 saturated carbocycles. The standard InChI is InChI=1S/C19H24ClN3O3S/c1-3-26-17-15(20)9-13(10-16(17)25-2)18(24)22-19-21-14(12-27-19)11-23-7-5-4-6-8-23/h9-10,12H,3-8,11H2,1-2H3,(H,21,22,24). The Morgan fingerprint density at radius 2 is 2.11 bits per heavy atom. The van der Waals surface area contributed by atoms with Gasteiger partial charge in [0, 0.05) is 17.5 Å². The third-order valence-electron chi connectivity index (χ3n) is 4.39. The van der Waals surface area contributed by atoms with E-state index in [1.54, 1.807) is 12.1 Å². The van der Waals surface area contributed by atoms with E-state index in [9.17, 15) is 4.79 Å². The Morgan fingerprint density at radius 3 is 2.81 bits per heavy atom. The molecule has 6 nitrogen and oxygen atoms in total. The molecule has 1 aromatic heterocycles. The molecule has 1 saturated heterocycles. The molecule has 0 unspecified atom stereocenters. The van der Waals surface area contributed by atoms with Crippen LogP contribution in [-0.2, 0) is 6.54 Å². The van der Waals surface area contributed by atoms with Crippen LogP contribution in [-0.4, -0.2) is 42.6 Å². The number of ether oxygens (including phenoxy) is 2. The van der Waals surface area contributed by atoms with Gasteiger partial charge in [-0.3, -0.25) is 15.0 Å². The quantitative estimate of drug-likeness (QED) is 0.732. The van der Waals surface area contributed by atoms with Gasteiger partial charge in [0.05, 0.1) is 24.4 Å². The van der Waals surface area contributed by atoms with Crippen LogP contribution in [0.4, 0.5) is 5.13 Å². The summed E-state index contributed by atoms with van der Waals surface area (Å²) in [5.41, 5.74) is 1.38. The minimum Gasteiger partial charge on any atom is -0.493 e. The van der Waals surface area contributed by atoms with Crippen molar-refractivity contribution in [2.75, 3.05) is 32.1 Å². The molecule has 0 aliphatic carbocycles. The van der Waals surface area contributed by atoms with Crippen molar-refractivity contribution in [3.8, 4) is 11.5 Å². The van der Waals surface area contributed by atoms with E-state index < -0.39 is 0 Å². The number of benzene rings is 1. The molecule has 1 aromatic carbocycles. The first-order valence-corrected chi connectivity index (χ1v) is 10.3. The molecule has 3 rings (SSSR count). The van der Waals surface area contributed by atoms with Crippen molar-refractivity contribution in [3.05, 3.63) is 33.8 Å². The lowest BCUT2D eigenvalue weighted by molar-refractivity contribution is 0.102. The predicted octanol–water partition coefficient (Wildman–Crippen LogP) is 4.44. The Labute approximate surface area is 168 Å². The third kappa shape index (κ3) is 5.12. The molecular weight excluding hydrogens is 386 g/mol. The van der Waals surface area contributed by atoms with E-state index in [1.165, 1.54) is 37.7 Å². The number of nitrogens with one attached hydrogen (secondary N) is 1. The van der Waals surface area contributed by atoms with Gasteiger partial charge in [-0.2, -0.15) is 0 Å². The van der Waals surface area contributed by atoms with Crippen LogP contribution in [0.25, 0.3) is 0 Å². The molecule has 2 aromatic rings. The molecule has 0 bridgehead atoms. The molecule has 146 valence electrons. The molecule has 1 amide bonds. The fourth-order valence-electron chi connectivity index (χ4n) is 3.09. The molecule has 27 heavy (non-hydrogen) atoms. The average molecular weight is 410 g/mol. The van der Waals surface area contributed by atoms with E-state index in [1.807, 2.05) is 12.3 Å². The van der Waals surface area contributed by atoms with Crippen molar-refractivity contribution in [2.24, 2.45) is 0 Å². The first-order valence-electron chi connectivity index (χ1n) is 9.09. The van der Waals surface area contributed by atoms with Gasteiger partial charge in [0.2, 0.25) is 0 Å². The van der Waals surface area contributed by atoms with Crippen molar-refractivity contribution in [1.29, 1.82) is 0 Å². The summed E-state index contributed by atoms with van der Waals surface area (Å²) in [6, 6.07) is 3.20. The summed E-state index contributed by atoms with van der Waals surface area (Å²) in [4.78, 5) is 19.5. The second-order valence-electron chi connectivity index (χ2n) is 6.36. The average Bonchev–Trinajstić information content (AvgIpc) is 3.10. The number of carbonyl (C=O) groups is 1. The Balaban J connectivity index is 1.67. The summed E-state index contributed by atoms with van der Waals surface area (Å²) in [6.45, 7) is 5.38. The Hall–Kier alpha value is -1.83. The monoisotopic (exact) mass is 409 g/mol. The summed E-state index contributed by atoms with van der Waals surface area (Å²) >= 11 is 7.68. The zero-order valence-corrected chi connectivity index (χ0v) is 17.2. The van der Waals surface area contributed by atoms with E-state index in [-0.39, 0.29) is 5.91 Å². The van der Waals surface area contributed by atoms with Gasteiger partial charge in [-0.05, 0) is 45.0 Å². The maximum Gasteiger partial charge on any atom is 0.257 e. The number of rotatable bonds is 7. The van der Waals surface area contributed by atoms with Gasteiger partial charge >= 0.3 is 0 Å². The lowest BCUT2D eigenvalue weighted by Gasteiger charge is -2.25. The van der Waals surface area contributed by atoms with Crippen LogP contribution in [0.2, 0.25) is 5.02 Å². The predicted molar refractivity (Wildman–Crippen MR) is 108 cm³/mol. The van der Waals surface area contributed by atoms with Crippen LogP contribution in [0.3, 0.4) is 0 Å². The van der Waals surface area contributed by atoms with E-state index >= 15 is 0 Å². The van der Waals surface area contributed by atoms with Gasteiger partial charge in [0.25, 0.3) is 5.91 Å². The highest BCUT2D eigenvalue weighted by Crippen LogP contribution is 2.36. The second kappa shape index (κ2) is 9.39. The van der Waals surface area contributed by atoms with E-state index in [4.69, 9.17) is 21.1 Å². The molecule has 1 fully saturated rings. The van der Waals surface area contributed by atoms with Crippen LogP contribution < -0.4 is 14.8 Å². The van der Waals surface area contributed by atoms with Gasteiger partial charge < -0.3 is 9.47 Å². The number of piperidine rings is 1. The number of methoxy groups -OCH3 is 1. The minimum atomic E-state index is -0.280. The summed E-state index contributed by atoms with van der Waals surface area (Å²) in [5, 5.41) is 5.76. The number of thiazole rings is 1. The normalized spacial score (nSPS) is 14.8. The van der Waals surface area contributed by atoms with Crippen LogP contribution >= 0.6 is 22.9 Å². The van der Waals surface area contributed by atoms with Crippen LogP contribution in [0.1, 0.15) is 42.2 Å². The number of aromatic nitrogens is 1. The molecule has 0 radical (unpaired) electrons. The number of hydrogen-bond donors (Lipinski definition) is 1. The van der Waals surface area contributed by atoms with Crippen LogP contribution in [0.15, 0.2) is 17.5 Å². The lowest BCUT2D eigenvalue weighted by Crippen LogP contribution is -2.29. The second-order valence-corrected chi connectivity index (χ2v) is 7.62. The van der Waals surface area contributed by atoms with E-state index in [2.05, 4.69) is 15.2 Å². The SMILES string of the molecule is CCOc1c(Cl)cc(C(=O)Nc2nc(CN3CCCCC3)cs2)cc1OC. The Morgan fingerprint density at radius 1 is 1.33 bits per heavy atom. The van der Waals surface area contributed by atoms with Crippen LogP contribution in [0.5, 0.6) is 11.5 Å². The smallest absolute Gasteiger partial charge is 0.257 e. The molecule has 1 aliphatic rings. The zero-order chi connectivity index (χ0) is 19.2. The number of amides is 1. The minimum absolute atomic E-state index is 0.280. The first-order chi connectivity index (χ1) is 13.1. The molecule has 2 heterocycles. The number of carbonyl (C=O) groups excluding carboxylic acids is 1. The number of anilines is 1. The maximum absolute atomic E-state index is 12.6. The van der Waals surface area contributed by atoms with Crippen molar-refractivity contribution < 1.29 is 14.3 Å². The molecule has 0 atom stereocenters. The molecule has 1 aliphatic heterocycles. The highest BCUT2D eigenvalue weighted by Gasteiger charge is 2.17. The first kappa shape index (κ1) is 19.9. The summed E-state index contributed by atoms with van der Waals surface area (Å²) in [7, 11) is 1.52. The van der Waals surface area contributed by atoms with E-state index in [0.29, 0.717) is 33.8 Å². The highest BCUT2D eigenvalue weighted by molar-refractivity contribution is 7.14. The number of hydrogen-bond acceptors (Lipinski definition) is 6. The summed E-state index contributed by atoms with van der Waals surface area (Å²) < 4.78 is 10.8. The maximum atomic E-state index is 12.6. The van der Waals surface area contributed by atoms with E-state index in [0.717, 1.165) is 25.3 Å². The lowest BCUT2D eigenvalue weighted by atomic mass is 10.1. The van der Waals surface area contributed by atoms with Gasteiger partial charge in [-0.25, -0.2) is 4.98 Å². The number of halogens is 1. The third-order valence-corrected chi connectivity index (χ3v) is 5.47.